The maximum Gasteiger partial charge on any atom is 0.257 e. The minimum Gasteiger partial charge on any atom is -0.396 e. The number of carbonyl (C=O) groups is 1. The van der Waals surface area contributed by atoms with Gasteiger partial charge in [0.25, 0.3) is 5.91 Å². The monoisotopic (exact) mass is 358 g/mol. The van der Waals surface area contributed by atoms with E-state index in [0.29, 0.717) is 24.4 Å². The van der Waals surface area contributed by atoms with E-state index in [1.165, 1.54) is 0 Å². The van der Waals surface area contributed by atoms with Crippen molar-refractivity contribution < 1.29 is 9.90 Å². The van der Waals surface area contributed by atoms with Gasteiger partial charge in [0.15, 0.2) is 0 Å². The Kier molecular flexibility index (Phi) is 6.27. The molecule has 0 saturated carbocycles. The highest BCUT2D eigenvalue weighted by molar-refractivity contribution is 5.93. The number of piperidine rings is 1. The molecule has 0 aromatic carbocycles. The van der Waals surface area contributed by atoms with Gasteiger partial charge in [0.1, 0.15) is 5.82 Å². The van der Waals surface area contributed by atoms with Crippen LogP contribution in [-0.4, -0.2) is 60.6 Å². The highest BCUT2D eigenvalue weighted by Gasteiger charge is 2.25. The van der Waals surface area contributed by atoms with Crippen LogP contribution in [0.3, 0.4) is 0 Å². The average molecular weight is 358 g/mol. The van der Waals surface area contributed by atoms with E-state index in [9.17, 15) is 4.79 Å². The third-order valence-electron chi connectivity index (χ3n) is 4.70. The van der Waals surface area contributed by atoms with Crippen molar-refractivity contribution in [3.8, 4) is 0 Å². The highest BCUT2D eigenvalue weighted by Crippen LogP contribution is 2.20. The van der Waals surface area contributed by atoms with E-state index in [2.05, 4.69) is 20.3 Å². The lowest BCUT2D eigenvalue weighted by Crippen LogP contribution is -2.41. The molecule has 1 fully saturated rings. The molecule has 1 saturated heterocycles. The van der Waals surface area contributed by atoms with E-state index < -0.39 is 0 Å². The smallest absolute Gasteiger partial charge is 0.257 e. The summed E-state index contributed by atoms with van der Waals surface area (Å²) < 4.78 is 1.85. The summed E-state index contributed by atoms with van der Waals surface area (Å²) in [7, 11) is 0. The molecule has 0 bridgehead atoms. The second-order valence-corrected chi connectivity index (χ2v) is 6.76. The third kappa shape index (κ3) is 4.63. The number of carbonyl (C=O) groups excluding carboxylic acids is 1. The van der Waals surface area contributed by atoms with E-state index in [-0.39, 0.29) is 12.5 Å². The molecule has 1 atom stereocenters. The van der Waals surface area contributed by atoms with Crippen LogP contribution >= 0.6 is 0 Å². The summed E-state index contributed by atoms with van der Waals surface area (Å²) >= 11 is 0. The molecule has 1 N–H and O–H groups in total. The van der Waals surface area contributed by atoms with Crippen molar-refractivity contribution in [3.63, 3.8) is 0 Å². The molecule has 8 heteroatoms. The van der Waals surface area contributed by atoms with Gasteiger partial charge >= 0.3 is 0 Å². The summed E-state index contributed by atoms with van der Waals surface area (Å²) in [6.07, 6.45) is 9.44. The topological polar surface area (TPSA) is 97.0 Å². The number of likely N-dealkylation sites (tertiary alicyclic amines) is 1. The number of aromatic nitrogens is 5. The van der Waals surface area contributed by atoms with Crippen LogP contribution < -0.4 is 0 Å². The molecule has 1 aliphatic heterocycles. The maximum absolute atomic E-state index is 12.7. The van der Waals surface area contributed by atoms with E-state index in [1.54, 1.807) is 12.4 Å². The third-order valence-corrected chi connectivity index (χ3v) is 4.70. The summed E-state index contributed by atoms with van der Waals surface area (Å²) in [6.45, 7) is 4.38. The Morgan fingerprint density at radius 3 is 2.88 bits per heavy atom. The highest BCUT2D eigenvalue weighted by atomic mass is 16.3. The minimum absolute atomic E-state index is 0.000391. The van der Waals surface area contributed by atoms with Gasteiger partial charge in [-0.25, -0.2) is 9.97 Å². The summed E-state index contributed by atoms with van der Waals surface area (Å²) in [5.41, 5.74) is 1.45. The van der Waals surface area contributed by atoms with Gasteiger partial charge in [-0.2, -0.15) is 0 Å². The molecule has 3 rings (SSSR count). The zero-order chi connectivity index (χ0) is 18.4. The first-order valence-corrected chi connectivity index (χ1v) is 9.29. The molecule has 3 heterocycles. The lowest BCUT2D eigenvalue weighted by atomic mass is 9.97. The van der Waals surface area contributed by atoms with Gasteiger partial charge in [-0.05, 0) is 31.6 Å². The molecule has 140 valence electrons. The Hall–Kier alpha value is -2.35. The van der Waals surface area contributed by atoms with Crippen LogP contribution in [0.1, 0.15) is 48.1 Å². The van der Waals surface area contributed by atoms with Crippen molar-refractivity contribution in [2.24, 2.45) is 5.92 Å². The molecule has 26 heavy (non-hydrogen) atoms. The molecule has 2 aromatic heterocycles. The van der Waals surface area contributed by atoms with Crippen LogP contribution in [0.25, 0.3) is 0 Å². The van der Waals surface area contributed by atoms with Crippen molar-refractivity contribution in [2.75, 3.05) is 19.7 Å². The fraction of sp³-hybridized carbons (Fsp3) is 0.611. The number of nitrogens with zero attached hydrogens (tertiary/aromatic N) is 6. The molecule has 0 spiro atoms. The number of hydrogen-bond donors (Lipinski definition) is 1. The molecular formula is C18H26N6O2. The second kappa shape index (κ2) is 8.84. The van der Waals surface area contributed by atoms with Gasteiger partial charge in [-0.1, -0.05) is 12.1 Å². The zero-order valence-electron chi connectivity index (χ0n) is 15.2. The Morgan fingerprint density at radius 2 is 2.15 bits per heavy atom. The Morgan fingerprint density at radius 1 is 1.35 bits per heavy atom. The van der Waals surface area contributed by atoms with Gasteiger partial charge < -0.3 is 10.0 Å². The van der Waals surface area contributed by atoms with Gasteiger partial charge in [-0.3, -0.25) is 9.48 Å². The number of amides is 1. The van der Waals surface area contributed by atoms with E-state index >= 15 is 0 Å². The largest absolute Gasteiger partial charge is 0.396 e. The molecule has 8 nitrogen and oxygen atoms in total. The van der Waals surface area contributed by atoms with Crippen molar-refractivity contribution >= 4 is 5.91 Å². The van der Waals surface area contributed by atoms with Crippen LogP contribution in [0, 0.1) is 5.92 Å². The normalized spacial score (nSPS) is 17.5. The van der Waals surface area contributed by atoms with E-state index in [0.717, 1.165) is 50.3 Å². The van der Waals surface area contributed by atoms with Crippen LogP contribution in [0.4, 0.5) is 0 Å². The fourth-order valence-electron chi connectivity index (χ4n) is 3.30. The van der Waals surface area contributed by atoms with E-state index in [1.807, 2.05) is 22.7 Å². The predicted molar refractivity (Wildman–Crippen MR) is 95.5 cm³/mol. The van der Waals surface area contributed by atoms with E-state index in [4.69, 9.17) is 5.11 Å². The number of rotatable bonds is 7. The lowest BCUT2D eigenvalue weighted by molar-refractivity contribution is 0.0658. The molecule has 1 amide bonds. The molecule has 2 aromatic rings. The summed E-state index contributed by atoms with van der Waals surface area (Å²) in [4.78, 5) is 23.1. The van der Waals surface area contributed by atoms with Crippen molar-refractivity contribution in [3.05, 3.63) is 35.7 Å². The fourth-order valence-corrected chi connectivity index (χ4v) is 3.30. The van der Waals surface area contributed by atoms with Gasteiger partial charge in [0.05, 0.1) is 11.3 Å². The quantitative estimate of drug-likeness (QED) is 0.796. The Balaban J connectivity index is 1.57. The van der Waals surface area contributed by atoms with Crippen molar-refractivity contribution in [1.82, 2.24) is 29.9 Å². The number of hydrogen-bond acceptors (Lipinski definition) is 6. The Labute approximate surface area is 153 Å². The predicted octanol–water partition coefficient (Wildman–Crippen LogP) is 1.11. The first kappa shape index (κ1) is 18.4. The van der Waals surface area contributed by atoms with Crippen molar-refractivity contribution in [2.45, 2.75) is 45.6 Å². The summed E-state index contributed by atoms with van der Waals surface area (Å²) in [5.74, 6) is 1.11. The SMILES string of the molecule is CCc1ncc(C(=O)N2CCC[C@@H](Cn3cc(CCCO)nn3)C2)cn1. The summed E-state index contributed by atoms with van der Waals surface area (Å²) in [5, 5.41) is 17.2. The molecule has 0 unspecified atom stereocenters. The molecule has 0 aliphatic carbocycles. The first-order chi connectivity index (χ1) is 12.7. The summed E-state index contributed by atoms with van der Waals surface area (Å²) in [6, 6.07) is 0. The second-order valence-electron chi connectivity index (χ2n) is 6.76. The minimum atomic E-state index is -0.000391. The number of aryl methyl sites for hydroxylation is 2. The molecule has 1 aliphatic rings. The van der Waals surface area contributed by atoms with Gasteiger partial charge in [0, 0.05) is 51.3 Å². The Bertz CT molecular complexity index is 715. The van der Waals surface area contributed by atoms with Gasteiger partial charge in [0.2, 0.25) is 0 Å². The zero-order valence-corrected chi connectivity index (χ0v) is 15.2. The number of aliphatic hydroxyl groups is 1. The maximum atomic E-state index is 12.7. The van der Waals surface area contributed by atoms with Gasteiger partial charge in [-0.15, -0.1) is 5.10 Å². The number of aliphatic hydroxyl groups excluding tert-OH is 1. The first-order valence-electron chi connectivity index (χ1n) is 9.29. The average Bonchev–Trinajstić information content (AvgIpc) is 3.13. The lowest BCUT2D eigenvalue weighted by Gasteiger charge is -2.32. The molecule has 0 radical (unpaired) electrons. The standard InChI is InChI=1S/C18H26N6O2/c1-2-17-19-9-15(10-20-17)18(26)23-7-3-5-14(11-23)12-24-13-16(21-22-24)6-4-8-25/h9-10,13-14,25H,2-8,11-12H2,1H3/t14-/m1/s1. The van der Waals surface area contributed by atoms with Crippen LogP contribution in [-0.2, 0) is 19.4 Å². The van der Waals surface area contributed by atoms with Crippen LogP contribution in [0.5, 0.6) is 0 Å². The van der Waals surface area contributed by atoms with Crippen molar-refractivity contribution in [1.29, 1.82) is 0 Å². The van der Waals surface area contributed by atoms with Crippen LogP contribution in [0.15, 0.2) is 18.6 Å². The molecular weight excluding hydrogens is 332 g/mol. The van der Waals surface area contributed by atoms with Crippen LogP contribution in [0.2, 0.25) is 0 Å².